The minimum absolute atomic E-state index is 0.102. The first-order chi connectivity index (χ1) is 13.7. The Morgan fingerprint density at radius 1 is 1.00 bits per heavy atom. The quantitative estimate of drug-likeness (QED) is 0.801. The average molecular weight is 376 g/mol. The normalized spacial score (nSPS) is 28.2. The van der Waals surface area contributed by atoms with Crippen LogP contribution in [-0.2, 0) is 16.8 Å². The molecule has 146 valence electrons. The first-order valence-electron chi connectivity index (χ1n) is 10.7. The third-order valence-corrected chi connectivity index (χ3v) is 7.09. The Morgan fingerprint density at radius 2 is 1.79 bits per heavy atom. The zero-order valence-electron chi connectivity index (χ0n) is 16.5. The molecule has 0 N–H and O–H groups in total. The maximum absolute atomic E-state index is 13.3. The molecule has 4 nitrogen and oxygen atoms in total. The number of pyridine rings is 1. The molecule has 0 spiro atoms. The summed E-state index contributed by atoms with van der Waals surface area (Å²) in [5.41, 5.74) is 2.50. The second-order valence-corrected chi connectivity index (χ2v) is 8.82. The summed E-state index contributed by atoms with van der Waals surface area (Å²) in [5.74, 6) is 1.14. The Morgan fingerprint density at radius 3 is 2.54 bits per heavy atom. The van der Waals surface area contributed by atoms with E-state index in [1.807, 2.05) is 29.3 Å². The summed E-state index contributed by atoms with van der Waals surface area (Å²) in [7, 11) is 0. The molecule has 2 aliphatic heterocycles. The third-order valence-electron chi connectivity index (χ3n) is 7.09. The van der Waals surface area contributed by atoms with Gasteiger partial charge in [-0.3, -0.25) is 14.7 Å². The van der Waals surface area contributed by atoms with Crippen LogP contribution >= 0.6 is 0 Å². The average Bonchev–Trinajstić information content (AvgIpc) is 3.51. The third kappa shape index (κ3) is 3.35. The van der Waals surface area contributed by atoms with Crippen LogP contribution in [0.15, 0.2) is 54.7 Å². The van der Waals surface area contributed by atoms with E-state index in [0.717, 1.165) is 31.1 Å². The standard InChI is InChI=1S/C24H29N3O/c28-23-16-22-24(20-6-2-1-3-7-20,11-14-26(22)17-19-9-10-19)12-15-27(23)18-21-8-4-5-13-25-21/h1-8,13,19,22H,9-12,14-18H2/t22-,24+/m1/s1. The number of hydrogen-bond acceptors (Lipinski definition) is 3. The van der Waals surface area contributed by atoms with E-state index in [-0.39, 0.29) is 11.3 Å². The summed E-state index contributed by atoms with van der Waals surface area (Å²) in [5, 5.41) is 0. The minimum atomic E-state index is 0.102. The highest BCUT2D eigenvalue weighted by Gasteiger charge is 2.51. The Hall–Kier alpha value is -2.20. The number of aromatic nitrogens is 1. The van der Waals surface area contributed by atoms with Crippen LogP contribution in [0.4, 0.5) is 0 Å². The van der Waals surface area contributed by atoms with E-state index in [1.54, 1.807) is 0 Å². The van der Waals surface area contributed by atoms with Crippen molar-refractivity contribution in [1.29, 1.82) is 0 Å². The fourth-order valence-corrected chi connectivity index (χ4v) is 5.34. The first-order valence-corrected chi connectivity index (χ1v) is 10.7. The summed E-state index contributed by atoms with van der Waals surface area (Å²) < 4.78 is 0. The van der Waals surface area contributed by atoms with Crippen molar-refractivity contribution >= 4 is 5.91 Å². The predicted octanol–water partition coefficient (Wildman–Crippen LogP) is 3.63. The molecule has 1 saturated carbocycles. The van der Waals surface area contributed by atoms with E-state index < -0.39 is 0 Å². The van der Waals surface area contributed by atoms with Crippen LogP contribution in [0.25, 0.3) is 0 Å². The molecule has 3 heterocycles. The Balaban J connectivity index is 1.44. The Kier molecular flexibility index (Phi) is 4.67. The minimum Gasteiger partial charge on any atom is -0.337 e. The van der Waals surface area contributed by atoms with Crippen molar-refractivity contribution in [3.63, 3.8) is 0 Å². The molecule has 1 amide bonds. The van der Waals surface area contributed by atoms with Crippen LogP contribution in [0.1, 0.15) is 43.4 Å². The molecular formula is C24H29N3O. The smallest absolute Gasteiger partial charge is 0.224 e. The van der Waals surface area contributed by atoms with Gasteiger partial charge in [0.15, 0.2) is 0 Å². The Labute approximate surface area is 167 Å². The largest absolute Gasteiger partial charge is 0.337 e. The maximum atomic E-state index is 13.3. The molecule has 1 aliphatic carbocycles. The number of nitrogens with zero attached hydrogens (tertiary/aromatic N) is 3. The van der Waals surface area contributed by atoms with Crippen molar-refractivity contribution in [1.82, 2.24) is 14.8 Å². The number of amides is 1. The van der Waals surface area contributed by atoms with Gasteiger partial charge in [0.25, 0.3) is 0 Å². The molecule has 0 radical (unpaired) electrons. The molecule has 5 rings (SSSR count). The van der Waals surface area contributed by atoms with Crippen molar-refractivity contribution < 1.29 is 4.79 Å². The van der Waals surface area contributed by atoms with Gasteiger partial charge in [0, 0.05) is 37.2 Å². The van der Waals surface area contributed by atoms with Gasteiger partial charge in [0.1, 0.15) is 0 Å². The highest BCUT2D eigenvalue weighted by atomic mass is 16.2. The lowest BCUT2D eigenvalue weighted by molar-refractivity contribution is -0.132. The number of benzene rings is 1. The van der Waals surface area contributed by atoms with Crippen molar-refractivity contribution in [3.05, 3.63) is 66.0 Å². The van der Waals surface area contributed by atoms with E-state index in [4.69, 9.17) is 0 Å². The van der Waals surface area contributed by atoms with Gasteiger partial charge in [-0.05, 0) is 55.8 Å². The topological polar surface area (TPSA) is 36.4 Å². The number of carbonyl (C=O) groups is 1. The lowest BCUT2D eigenvalue weighted by atomic mass is 9.71. The van der Waals surface area contributed by atoms with Crippen LogP contribution in [0.2, 0.25) is 0 Å². The van der Waals surface area contributed by atoms with Gasteiger partial charge in [0.05, 0.1) is 12.2 Å². The molecule has 28 heavy (non-hydrogen) atoms. The fraction of sp³-hybridized carbons (Fsp3) is 0.500. The highest BCUT2D eigenvalue weighted by molar-refractivity contribution is 5.77. The zero-order valence-corrected chi connectivity index (χ0v) is 16.5. The number of fused-ring (bicyclic) bond motifs is 1. The van der Waals surface area contributed by atoms with Gasteiger partial charge >= 0.3 is 0 Å². The van der Waals surface area contributed by atoms with Crippen LogP contribution in [0, 0.1) is 5.92 Å². The molecule has 3 fully saturated rings. The number of carbonyl (C=O) groups excluding carboxylic acids is 1. The summed E-state index contributed by atoms with van der Waals surface area (Å²) >= 11 is 0. The lowest BCUT2D eigenvalue weighted by Crippen LogP contribution is -2.44. The fourth-order valence-electron chi connectivity index (χ4n) is 5.34. The highest BCUT2D eigenvalue weighted by Crippen LogP contribution is 2.47. The molecule has 2 atom stereocenters. The molecule has 1 aromatic heterocycles. The van der Waals surface area contributed by atoms with Gasteiger partial charge in [-0.2, -0.15) is 0 Å². The molecule has 4 heteroatoms. The Bertz CT molecular complexity index is 820. The monoisotopic (exact) mass is 375 g/mol. The molecule has 0 bridgehead atoms. The molecular weight excluding hydrogens is 346 g/mol. The second kappa shape index (κ2) is 7.32. The second-order valence-electron chi connectivity index (χ2n) is 8.82. The van der Waals surface area contributed by atoms with Crippen LogP contribution in [-0.4, -0.2) is 46.4 Å². The first kappa shape index (κ1) is 17.9. The van der Waals surface area contributed by atoms with Crippen molar-refractivity contribution in [2.75, 3.05) is 19.6 Å². The molecule has 2 saturated heterocycles. The number of likely N-dealkylation sites (tertiary alicyclic amines) is 2. The number of rotatable bonds is 5. The molecule has 1 aromatic carbocycles. The SMILES string of the molecule is O=C1C[C@H]2N(CC3CC3)CC[C@@]2(c2ccccc2)CCN1Cc1ccccn1. The van der Waals surface area contributed by atoms with Crippen molar-refractivity contribution in [2.45, 2.75) is 50.1 Å². The van der Waals surface area contributed by atoms with Gasteiger partial charge in [-0.15, -0.1) is 0 Å². The summed E-state index contributed by atoms with van der Waals surface area (Å²) in [4.78, 5) is 22.4. The summed E-state index contributed by atoms with van der Waals surface area (Å²) in [6, 6.07) is 17.3. The van der Waals surface area contributed by atoms with Crippen LogP contribution in [0.3, 0.4) is 0 Å². The lowest BCUT2D eigenvalue weighted by Gasteiger charge is -2.37. The van der Waals surface area contributed by atoms with Crippen molar-refractivity contribution in [2.24, 2.45) is 5.92 Å². The number of hydrogen-bond donors (Lipinski definition) is 0. The predicted molar refractivity (Wildman–Crippen MR) is 110 cm³/mol. The van der Waals surface area contributed by atoms with Gasteiger partial charge in [-0.25, -0.2) is 0 Å². The van der Waals surface area contributed by atoms with E-state index >= 15 is 0 Å². The molecule has 3 aliphatic rings. The van der Waals surface area contributed by atoms with Crippen molar-refractivity contribution in [3.8, 4) is 0 Å². The van der Waals surface area contributed by atoms with Gasteiger partial charge in [0.2, 0.25) is 5.91 Å². The maximum Gasteiger partial charge on any atom is 0.224 e. The molecule has 0 unspecified atom stereocenters. The zero-order chi connectivity index (χ0) is 19.0. The van der Waals surface area contributed by atoms with E-state index in [9.17, 15) is 4.79 Å². The van der Waals surface area contributed by atoms with Crippen LogP contribution < -0.4 is 0 Å². The van der Waals surface area contributed by atoms with Gasteiger partial charge in [-0.1, -0.05) is 36.4 Å². The summed E-state index contributed by atoms with van der Waals surface area (Å²) in [6.45, 7) is 3.74. The van der Waals surface area contributed by atoms with Crippen LogP contribution in [0.5, 0.6) is 0 Å². The molecule has 2 aromatic rings. The van der Waals surface area contributed by atoms with E-state index in [2.05, 4.69) is 40.2 Å². The van der Waals surface area contributed by atoms with E-state index in [0.29, 0.717) is 19.0 Å². The summed E-state index contributed by atoms with van der Waals surface area (Å²) in [6.07, 6.45) is 7.38. The van der Waals surface area contributed by atoms with Gasteiger partial charge < -0.3 is 4.90 Å². The van der Waals surface area contributed by atoms with E-state index in [1.165, 1.54) is 31.4 Å².